The summed E-state index contributed by atoms with van der Waals surface area (Å²) < 4.78 is 33.5. The zero-order valence-corrected chi connectivity index (χ0v) is 35.9. The average molecular weight is 774 g/mol. The van der Waals surface area contributed by atoms with Gasteiger partial charge < -0.3 is 20.1 Å². The van der Waals surface area contributed by atoms with Gasteiger partial charge in [0.05, 0.1) is 19.8 Å². The van der Waals surface area contributed by atoms with Gasteiger partial charge >= 0.3 is 13.8 Å². The van der Waals surface area contributed by atoms with Gasteiger partial charge in [0.15, 0.2) is 0 Å². The lowest BCUT2D eigenvalue weighted by Gasteiger charge is -2.20. The van der Waals surface area contributed by atoms with Crippen LogP contribution in [0.15, 0.2) is 12.2 Å². The number of hydrogen-bond donors (Lipinski definition) is 2. The molecule has 0 aromatic rings. The SMILES string of the molecule is CCCCCCCCC/C=C\CCCCCCCCCCOCC(COP(=O)(O)OCCN)OC(=O)CCCCCCCCCCCCCCCCC. The van der Waals surface area contributed by atoms with Crippen molar-refractivity contribution in [2.45, 2.75) is 232 Å². The van der Waals surface area contributed by atoms with Crippen molar-refractivity contribution in [3.05, 3.63) is 12.2 Å². The second-order valence-corrected chi connectivity index (χ2v) is 16.7. The molecule has 0 amide bonds. The van der Waals surface area contributed by atoms with E-state index in [-0.39, 0.29) is 32.3 Å². The minimum atomic E-state index is -4.27. The van der Waals surface area contributed by atoms with Gasteiger partial charge in [0, 0.05) is 19.6 Å². The molecule has 53 heavy (non-hydrogen) atoms. The van der Waals surface area contributed by atoms with Gasteiger partial charge in [0.1, 0.15) is 6.10 Å². The molecule has 8 nitrogen and oxygen atoms in total. The number of carbonyl (C=O) groups excluding carboxylic acids is 1. The minimum absolute atomic E-state index is 0.0926. The molecule has 0 rings (SSSR count). The van der Waals surface area contributed by atoms with Crippen LogP contribution in [0.1, 0.15) is 226 Å². The monoisotopic (exact) mass is 774 g/mol. The molecule has 2 atom stereocenters. The average Bonchev–Trinajstić information content (AvgIpc) is 3.15. The maximum Gasteiger partial charge on any atom is 0.472 e. The number of phosphoric acid groups is 1. The van der Waals surface area contributed by atoms with Crippen molar-refractivity contribution < 1.29 is 32.8 Å². The molecule has 0 bridgehead atoms. The fourth-order valence-corrected chi connectivity index (χ4v) is 7.35. The smallest absolute Gasteiger partial charge is 0.457 e. The topological polar surface area (TPSA) is 117 Å². The predicted octanol–water partition coefficient (Wildman–Crippen LogP) is 13.5. The molecule has 2 unspecified atom stereocenters. The molecular weight excluding hydrogens is 685 g/mol. The highest BCUT2D eigenvalue weighted by atomic mass is 31.2. The zero-order valence-electron chi connectivity index (χ0n) is 35.0. The molecule has 0 radical (unpaired) electrons. The Kier molecular flexibility index (Phi) is 41.8. The number of unbranched alkanes of at least 4 members (excludes halogenated alkanes) is 29. The van der Waals surface area contributed by atoms with Crippen molar-refractivity contribution in [1.29, 1.82) is 0 Å². The summed E-state index contributed by atoms with van der Waals surface area (Å²) >= 11 is 0. The Hall–Kier alpha value is -0.760. The highest BCUT2D eigenvalue weighted by Gasteiger charge is 2.25. The van der Waals surface area contributed by atoms with Crippen LogP contribution in [0.25, 0.3) is 0 Å². The molecule has 9 heteroatoms. The second-order valence-electron chi connectivity index (χ2n) is 15.3. The summed E-state index contributed by atoms with van der Waals surface area (Å²) in [6.45, 7) is 4.96. The number of rotatable bonds is 44. The van der Waals surface area contributed by atoms with Crippen molar-refractivity contribution in [2.24, 2.45) is 5.73 Å². The molecular formula is C44H88NO7P. The van der Waals surface area contributed by atoms with Crippen molar-refractivity contribution in [2.75, 3.05) is 33.0 Å². The van der Waals surface area contributed by atoms with Gasteiger partial charge in [-0.25, -0.2) is 4.57 Å². The third kappa shape index (κ3) is 42.2. The molecule has 0 saturated carbocycles. The third-order valence-corrected chi connectivity index (χ3v) is 10.9. The first-order valence-corrected chi connectivity index (χ1v) is 24.2. The number of ether oxygens (including phenoxy) is 2. The van der Waals surface area contributed by atoms with Gasteiger partial charge in [-0.05, 0) is 38.5 Å². The van der Waals surface area contributed by atoms with Crippen LogP contribution in [0.3, 0.4) is 0 Å². The van der Waals surface area contributed by atoms with Gasteiger partial charge in [0.25, 0.3) is 0 Å². The quantitative estimate of drug-likeness (QED) is 0.0272. The Balaban J connectivity index is 3.97. The summed E-state index contributed by atoms with van der Waals surface area (Å²) in [5, 5.41) is 0. The molecule has 316 valence electrons. The van der Waals surface area contributed by atoms with Gasteiger partial charge in [-0.15, -0.1) is 0 Å². The number of phosphoric ester groups is 1. The number of hydrogen-bond acceptors (Lipinski definition) is 7. The van der Waals surface area contributed by atoms with Crippen molar-refractivity contribution in [3.63, 3.8) is 0 Å². The van der Waals surface area contributed by atoms with E-state index in [1.807, 2.05) is 0 Å². The lowest BCUT2D eigenvalue weighted by atomic mass is 10.0. The van der Waals surface area contributed by atoms with Crippen LogP contribution in [0.2, 0.25) is 0 Å². The van der Waals surface area contributed by atoms with E-state index in [0.717, 1.165) is 32.1 Å². The highest BCUT2D eigenvalue weighted by Crippen LogP contribution is 2.43. The van der Waals surface area contributed by atoms with Gasteiger partial charge in [-0.3, -0.25) is 13.8 Å². The van der Waals surface area contributed by atoms with Gasteiger partial charge in [-0.1, -0.05) is 193 Å². The normalized spacial score (nSPS) is 13.5. The maximum atomic E-state index is 12.6. The zero-order chi connectivity index (χ0) is 38.8. The minimum Gasteiger partial charge on any atom is -0.457 e. The van der Waals surface area contributed by atoms with E-state index in [9.17, 15) is 14.3 Å². The number of nitrogens with two attached hydrogens (primary N) is 1. The Morgan fingerprint density at radius 3 is 1.38 bits per heavy atom. The molecule has 0 aromatic carbocycles. The number of allylic oxidation sites excluding steroid dienone is 2. The van der Waals surface area contributed by atoms with Gasteiger partial charge in [0.2, 0.25) is 0 Å². The first-order chi connectivity index (χ1) is 25.9. The summed E-state index contributed by atoms with van der Waals surface area (Å²) in [5.41, 5.74) is 5.37. The summed E-state index contributed by atoms with van der Waals surface area (Å²) in [6, 6.07) is 0. The van der Waals surface area contributed by atoms with Crippen molar-refractivity contribution in [1.82, 2.24) is 0 Å². The molecule has 0 aromatic heterocycles. The number of esters is 1. The Morgan fingerprint density at radius 2 is 0.943 bits per heavy atom. The molecule has 0 fully saturated rings. The molecule has 0 saturated heterocycles. The summed E-state index contributed by atoms with van der Waals surface area (Å²) in [5.74, 6) is -0.327. The Bertz CT molecular complexity index is 828. The van der Waals surface area contributed by atoms with Crippen LogP contribution in [0.4, 0.5) is 0 Å². The predicted molar refractivity (Wildman–Crippen MR) is 224 cm³/mol. The first kappa shape index (κ1) is 52.2. The molecule has 3 N–H and O–H groups in total. The Morgan fingerprint density at radius 1 is 0.547 bits per heavy atom. The number of carbonyl (C=O) groups is 1. The summed E-state index contributed by atoms with van der Waals surface area (Å²) in [7, 11) is -4.27. The van der Waals surface area contributed by atoms with Crippen LogP contribution >= 0.6 is 7.82 Å². The van der Waals surface area contributed by atoms with Crippen molar-refractivity contribution >= 4 is 13.8 Å². The molecule has 0 aliphatic carbocycles. The van der Waals surface area contributed by atoms with E-state index in [2.05, 4.69) is 26.0 Å². The van der Waals surface area contributed by atoms with E-state index in [0.29, 0.717) is 13.0 Å². The summed E-state index contributed by atoms with van der Waals surface area (Å²) in [4.78, 5) is 22.5. The van der Waals surface area contributed by atoms with Crippen LogP contribution in [-0.4, -0.2) is 49.9 Å². The lowest BCUT2D eigenvalue weighted by molar-refractivity contribution is -0.154. The first-order valence-electron chi connectivity index (χ1n) is 22.7. The second kappa shape index (κ2) is 42.4. The van der Waals surface area contributed by atoms with Gasteiger partial charge in [-0.2, -0.15) is 0 Å². The van der Waals surface area contributed by atoms with Crippen LogP contribution in [0, 0.1) is 0 Å². The molecule has 0 heterocycles. The highest BCUT2D eigenvalue weighted by molar-refractivity contribution is 7.47. The molecule has 0 aliphatic rings. The van der Waals surface area contributed by atoms with E-state index >= 15 is 0 Å². The van der Waals surface area contributed by atoms with E-state index < -0.39 is 13.9 Å². The van der Waals surface area contributed by atoms with Crippen molar-refractivity contribution in [3.8, 4) is 0 Å². The largest absolute Gasteiger partial charge is 0.472 e. The lowest BCUT2D eigenvalue weighted by Crippen LogP contribution is -2.28. The standard InChI is InChI=1S/C44H88NO7P/c1-3-5-7-9-11-13-15-17-19-20-21-22-24-26-28-30-32-34-36-39-49-41-43(42-51-53(47,48)50-40-38-45)52-44(46)37-35-33-31-29-27-25-23-18-16-14-12-10-8-6-4-2/h19-20,43H,3-18,21-42,45H2,1-2H3,(H,47,48)/b20-19-. The van der Waals surface area contributed by atoms with Crippen LogP contribution in [0.5, 0.6) is 0 Å². The van der Waals surface area contributed by atoms with E-state index in [4.69, 9.17) is 24.3 Å². The Labute approximate surface area is 328 Å². The summed E-state index contributed by atoms with van der Waals surface area (Å²) in [6.07, 6.45) is 45.1. The third-order valence-electron chi connectivity index (χ3n) is 9.93. The molecule has 0 aliphatic heterocycles. The van der Waals surface area contributed by atoms with E-state index in [1.54, 1.807) is 0 Å². The van der Waals surface area contributed by atoms with E-state index in [1.165, 1.54) is 173 Å². The van der Waals surface area contributed by atoms with Crippen LogP contribution in [-0.2, 0) is 27.9 Å². The fourth-order valence-electron chi connectivity index (χ4n) is 6.58. The molecule has 0 spiro atoms. The fraction of sp³-hybridized carbons (Fsp3) is 0.932. The van der Waals surface area contributed by atoms with Crippen LogP contribution < -0.4 is 5.73 Å². The maximum absolute atomic E-state index is 12.6.